The topological polar surface area (TPSA) is 92.4 Å². The monoisotopic (exact) mass is 286 g/mol. The van der Waals surface area contributed by atoms with Crippen LogP contribution in [-0.4, -0.2) is 38.7 Å². The second-order valence-electron chi connectivity index (χ2n) is 4.99. The van der Waals surface area contributed by atoms with E-state index in [4.69, 9.17) is 11.6 Å². The molecule has 1 aliphatic heterocycles. The summed E-state index contributed by atoms with van der Waals surface area (Å²) in [7, 11) is 0. The molecule has 1 aromatic rings. The van der Waals surface area contributed by atoms with Gasteiger partial charge >= 0.3 is 5.69 Å². The summed E-state index contributed by atoms with van der Waals surface area (Å²) in [5.74, 6) is 0.234. The van der Waals surface area contributed by atoms with Crippen molar-refractivity contribution in [3.05, 3.63) is 21.1 Å². The van der Waals surface area contributed by atoms with Gasteiger partial charge in [0.25, 0.3) is 0 Å². The molecule has 1 fully saturated rings. The normalized spacial score (nSPS) is 18.4. The Hall–Kier alpha value is -1.47. The molecule has 1 saturated heterocycles. The number of hydrogen-bond donors (Lipinski definition) is 1. The van der Waals surface area contributed by atoms with E-state index in [1.54, 1.807) is 11.8 Å². The van der Waals surface area contributed by atoms with Gasteiger partial charge < -0.3 is 10.0 Å². The molecule has 104 valence electrons. The van der Waals surface area contributed by atoms with Gasteiger partial charge in [0.2, 0.25) is 11.1 Å². The first-order chi connectivity index (χ1) is 8.80. The Labute approximate surface area is 115 Å². The van der Waals surface area contributed by atoms with Gasteiger partial charge in [-0.3, -0.25) is 10.1 Å². The number of nitro groups is 1. The smallest absolute Gasteiger partial charge is 0.332 e. The molecule has 2 rings (SSSR count). The van der Waals surface area contributed by atoms with Crippen molar-refractivity contribution in [3.8, 4) is 0 Å². The van der Waals surface area contributed by atoms with Crippen molar-refractivity contribution >= 4 is 23.1 Å². The number of aromatic nitrogens is 2. The highest BCUT2D eigenvalue weighted by Gasteiger charge is 2.32. The molecule has 0 spiro atoms. The summed E-state index contributed by atoms with van der Waals surface area (Å²) in [5.41, 5.74) is -0.597. The van der Waals surface area contributed by atoms with Gasteiger partial charge in [-0.05, 0) is 38.3 Å². The number of rotatable bonds is 2. The lowest BCUT2D eigenvalue weighted by atomic mass is 9.94. The Morgan fingerprint density at radius 3 is 2.53 bits per heavy atom. The lowest BCUT2D eigenvalue weighted by molar-refractivity contribution is -0.385. The zero-order chi connectivity index (χ0) is 14.2. The highest BCUT2D eigenvalue weighted by molar-refractivity contribution is 6.28. The van der Waals surface area contributed by atoms with Crippen LogP contribution in [0.15, 0.2) is 0 Å². The Bertz CT molecular complexity index is 511. The molecule has 0 aliphatic carbocycles. The molecule has 1 aliphatic rings. The van der Waals surface area contributed by atoms with Crippen LogP contribution in [0.25, 0.3) is 0 Å². The van der Waals surface area contributed by atoms with Crippen molar-refractivity contribution < 1.29 is 10.0 Å². The highest BCUT2D eigenvalue weighted by atomic mass is 35.5. The molecule has 2 heterocycles. The number of anilines is 1. The van der Waals surface area contributed by atoms with Crippen molar-refractivity contribution in [2.75, 3.05) is 18.0 Å². The summed E-state index contributed by atoms with van der Waals surface area (Å²) >= 11 is 5.78. The van der Waals surface area contributed by atoms with Crippen LogP contribution in [0, 0.1) is 17.0 Å². The van der Waals surface area contributed by atoms with Crippen LogP contribution < -0.4 is 4.90 Å². The number of halogens is 1. The highest BCUT2D eigenvalue weighted by Crippen LogP contribution is 2.33. The molecule has 7 nitrogen and oxygen atoms in total. The van der Waals surface area contributed by atoms with Crippen LogP contribution in [0.2, 0.25) is 5.28 Å². The second kappa shape index (κ2) is 4.90. The predicted molar refractivity (Wildman–Crippen MR) is 70.5 cm³/mol. The second-order valence-corrected chi connectivity index (χ2v) is 5.33. The summed E-state index contributed by atoms with van der Waals surface area (Å²) in [4.78, 5) is 20.2. The standard InChI is InChI=1S/C11H15ClN4O3/c1-7-8(16(18)19)9(14-10(12)13-7)15-5-3-11(2,17)4-6-15/h17H,3-6H2,1-2H3. The SMILES string of the molecule is Cc1nc(Cl)nc(N2CCC(C)(O)CC2)c1[N+](=O)[O-]. The van der Waals surface area contributed by atoms with Gasteiger partial charge in [0.1, 0.15) is 5.69 Å². The van der Waals surface area contributed by atoms with Gasteiger partial charge in [0.05, 0.1) is 10.5 Å². The zero-order valence-corrected chi connectivity index (χ0v) is 11.5. The summed E-state index contributed by atoms with van der Waals surface area (Å²) in [5, 5.41) is 21.0. The molecule has 0 saturated carbocycles. The van der Waals surface area contributed by atoms with E-state index >= 15 is 0 Å². The molecule has 0 unspecified atom stereocenters. The van der Waals surface area contributed by atoms with E-state index in [1.807, 2.05) is 0 Å². The number of nitrogens with zero attached hydrogens (tertiary/aromatic N) is 4. The zero-order valence-electron chi connectivity index (χ0n) is 10.8. The fraction of sp³-hybridized carbons (Fsp3) is 0.636. The van der Waals surface area contributed by atoms with E-state index in [0.29, 0.717) is 25.9 Å². The third-order valence-corrected chi connectivity index (χ3v) is 3.50. The van der Waals surface area contributed by atoms with Crippen molar-refractivity contribution in [3.63, 3.8) is 0 Å². The van der Waals surface area contributed by atoms with Crippen molar-refractivity contribution in [1.82, 2.24) is 9.97 Å². The van der Waals surface area contributed by atoms with Crippen LogP contribution in [0.1, 0.15) is 25.5 Å². The summed E-state index contributed by atoms with van der Waals surface area (Å²) in [6.07, 6.45) is 1.07. The first-order valence-corrected chi connectivity index (χ1v) is 6.34. The van der Waals surface area contributed by atoms with Gasteiger partial charge in [0, 0.05) is 13.1 Å². The van der Waals surface area contributed by atoms with Crippen LogP contribution >= 0.6 is 11.6 Å². The van der Waals surface area contributed by atoms with Crippen LogP contribution in [0.4, 0.5) is 11.5 Å². The fourth-order valence-electron chi connectivity index (χ4n) is 2.15. The molecule has 8 heteroatoms. The molecular weight excluding hydrogens is 272 g/mol. The molecule has 0 atom stereocenters. The average molecular weight is 287 g/mol. The summed E-state index contributed by atoms with van der Waals surface area (Å²) in [6, 6.07) is 0. The van der Waals surface area contributed by atoms with Gasteiger partial charge in [0.15, 0.2) is 0 Å². The Morgan fingerprint density at radius 2 is 2.00 bits per heavy atom. The fourth-order valence-corrected chi connectivity index (χ4v) is 2.36. The molecule has 1 N–H and O–H groups in total. The van der Waals surface area contributed by atoms with Crippen LogP contribution in [0.3, 0.4) is 0 Å². The molecular formula is C11H15ClN4O3. The molecule has 19 heavy (non-hydrogen) atoms. The summed E-state index contributed by atoms with van der Waals surface area (Å²) in [6.45, 7) is 4.30. The maximum atomic E-state index is 11.1. The van der Waals surface area contributed by atoms with E-state index in [9.17, 15) is 15.2 Å². The molecule has 0 radical (unpaired) electrons. The Kier molecular flexibility index (Phi) is 3.60. The van der Waals surface area contributed by atoms with Crippen molar-refractivity contribution in [2.24, 2.45) is 0 Å². The minimum atomic E-state index is -0.725. The molecule has 0 amide bonds. The van der Waals surface area contributed by atoms with Crippen molar-refractivity contribution in [1.29, 1.82) is 0 Å². The first kappa shape index (κ1) is 14.0. The maximum Gasteiger partial charge on any atom is 0.332 e. The number of hydrogen-bond acceptors (Lipinski definition) is 6. The largest absolute Gasteiger partial charge is 0.390 e. The third-order valence-electron chi connectivity index (χ3n) is 3.34. The number of piperidine rings is 1. The molecule has 0 bridgehead atoms. The van der Waals surface area contributed by atoms with E-state index in [2.05, 4.69) is 9.97 Å². The van der Waals surface area contributed by atoms with E-state index in [1.165, 1.54) is 6.92 Å². The minimum absolute atomic E-state index is 0.00423. The van der Waals surface area contributed by atoms with E-state index in [-0.39, 0.29) is 22.5 Å². The lowest BCUT2D eigenvalue weighted by Crippen LogP contribution is -2.43. The Balaban J connectivity index is 2.37. The molecule has 0 aromatic carbocycles. The quantitative estimate of drug-likeness (QED) is 0.505. The average Bonchev–Trinajstić information content (AvgIpc) is 2.26. The van der Waals surface area contributed by atoms with Gasteiger partial charge in [-0.25, -0.2) is 4.98 Å². The summed E-state index contributed by atoms with van der Waals surface area (Å²) < 4.78 is 0. The third kappa shape index (κ3) is 2.93. The maximum absolute atomic E-state index is 11.1. The van der Waals surface area contributed by atoms with Crippen LogP contribution in [-0.2, 0) is 0 Å². The van der Waals surface area contributed by atoms with E-state index in [0.717, 1.165) is 0 Å². The molecule has 1 aromatic heterocycles. The van der Waals surface area contributed by atoms with Gasteiger partial charge in [-0.1, -0.05) is 0 Å². The number of aryl methyl sites for hydroxylation is 1. The van der Waals surface area contributed by atoms with Gasteiger partial charge in [-0.2, -0.15) is 4.98 Å². The lowest BCUT2D eigenvalue weighted by Gasteiger charge is -2.36. The first-order valence-electron chi connectivity index (χ1n) is 5.96. The van der Waals surface area contributed by atoms with Crippen LogP contribution in [0.5, 0.6) is 0 Å². The minimum Gasteiger partial charge on any atom is -0.390 e. The number of aliphatic hydroxyl groups is 1. The van der Waals surface area contributed by atoms with Crippen molar-refractivity contribution in [2.45, 2.75) is 32.3 Å². The van der Waals surface area contributed by atoms with Gasteiger partial charge in [-0.15, -0.1) is 0 Å². The van der Waals surface area contributed by atoms with E-state index < -0.39 is 10.5 Å². The predicted octanol–water partition coefficient (Wildman–Crippen LogP) is 1.70. The Morgan fingerprint density at radius 1 is 1.42 bits per heavy atom.